The number of allylic oxidation sites excluding steroid dienone is 1. The van der Waals surface area contributed by atoms with Crippen LogP contribution in [0.5, 0.6) is 0 Å². The first-order valence-electron chi connectivity index (χ1n) is 9.00. The largest absolute Gasteiger partial charge is 0.510 e. The highest BCUT2D eigenvalue weighted by Gasteiger charge is 2.30. The first-order valence-corrected chi connectivity index (χ1v) is 9.88. The van der Waals surface area contributed by atoms with Crippen molar-refractivity contribution in [2.45, 2.75) is 49.6 Å². The molecule has 0 unspecified atom stereocenters. The fourth-order valence-electron chi connectivity index (χ4n) is 3.05. The Kier molecular flexibility index (Phi) is 4.62. The number of fused-ring (bicyclic) bond motifs is 1. The normalized spacial score (nSPS) is 16.2. The van der Waals surface area contributed by atoms with Gasteiger partial charge in [-0.1, -0.05) is 23.9 Å². The Morgan fingerprint density at radius 2 is 2.19 bits per heavy atom. The van der Waals surface area contributed by atoms with Gasteiger partial charge in [-0.2, -0.15) is 5.26 Å². The lowest BCUT2D eigenvalue weighted by Gasteiger charge is -2.12. The van der Waals surface area contributed by atoms with Crippen LogP contribution in [0.1, 0.15) is 44.3 Å². The van der Waals surface area contributed by atoms with E-state index in [9.17, 15) is 10.4 Å². The summed E-state index contributed by atoms with van der Waals surface area (Å²) in [6, 6.07) is 9.62. The minimum absolute atomic E-state index is 0.0137. The van der Waals surface area contributed by atoms with Crippen molar-refractivity contribution in [1.82, 2.24) is 24.7 Å². The van der Waals surface area contributed by atoms with E-state index in [1.54, 1.807) is 0 Å². The number of imidazole rings is 1. The van der Waals surface area contributed by atoms with Crippen LogP contribution in [-0.2, 0) is 6.54 Å². The lowest BCUT2D eigenvalue weighted by molar-refractivity contribution is 0.401. The van der Waals surface area contributed by atoms with Gasteiger partial charge in [-0.25, -0.2) is 4.98 Å². The number of thioether (sulfide) groups is 1. The summed E-state index contributed by atoms with van der Waals surface area (Å²) < 4.78 is 2.10. The number of rotatable bonds is 6. The maximum absolute atomic E-state index is 10.7. The zero-order chi connectivity index (χ0) is 19.0. The molecular formula is C19H20N6OS. The van der Waals surface area contributed by atoms with E-state index in [1.165, 1.54) is 11.8 Å². The van der Waals surface area contributed by atoms with Gasteiger partial charge >= 0.3 is 0 Å². The van der Waals surface area contributed by atoms with Crippen LogP contribution in [0.25, 0.3) is 16.6 Å². The molecule has 1 aliphatic rings. The van der Waals surface area contributed by atoms with E-state index in [-0.39, 0.29) is 16.6 Å². The molecule has 0 bridgehead atoms. The van der Waals surface area contributed by atoms with Crippen molar-refractivity contribution in [3.63, 3.8) is 0 Å². The minimum atomic E-state index is -0.352. The van der Waals surface area contributed by atoms with Crippen LogP contribution in [0.2, 0.25) is 0 Å². The number of hydrogen-bond donors (Lipinski definition) is 2. The van der Waals surface area contributed by atoms with Gasteiger partial charge in [-0.3, -0.25) is 0 Å². The zero-order valence-corrected chi connectivity index (χ0v) is 16.0. The number of aromatic amines is 1. The second-order valence-corrected chi connectivity index (χ2v) is 7.90. The Bertz CT molecular complexity index is 1020. The van der Waals surface area contributed by atoms with Crippen LogP contribution in [0, 0.1) is 11.3 Å². The molecule has 1 aliphatic carbocycles. The molecule has 2 aromatic heterocycles. The molecule has 0 radical (unpaired) electrons. The van der Waals surface area contributed by atoms with Gasteiger partial charge in [0, 0.05) is 12.5 Å². The van der Waals surface area contributed by atoms with Crippen molar-refractivity contribution in [2.24, 2.45) is 0 Å². The quantitative estimate of drug-likeness (QED) is 0.380. The van der Waals surface area contributed by atoms with Gasteiger partial charge in [0.1, 0.15) is 23.2 Å². The predicted molar refractivity (Wildman–Crippen MR) is 104 cm³/mol. The van der Waals surface area contributed by atoms with E-state index >= 15 is 0 Å². The van der Waals surface area contributed by atoms with E-state index in [1.807, 2.05) is 31.2 Å². The molecule has 0 saturated heterocycles. The number of nitrogens with one attached hydrogen (secondary N) is 1. The summed E-state index contributed by atoms with van der Waals surface area (Å²) in [6.07, 6.45) is 2.32. The Hall–Kier alpha value is -2.79. The number of para-hydroxylation sites is 2. The van der Waals surface area contributed by atoms with Crippen LogP contribution >= 0.6 is 11.8 Å². The number of aliphatic hydroxyl groups is 1. The molecule has 4 rings (SSSR count). The van der Waals surface area contributed by atoms with Gasteiger partial charge in [-0.05, 0) is 38.8 Å². The zero-order valence-electron chi connectivity index (χ0n) is 15.2. The fourth-order valence-corrected chi connectivity index (χ4v) is 4.03. The van der Waals surface area contributed by atoms with Crippen molar-refractivity contribution < 1.29 is 5.11 Å². The summed E-state index contributed by atoms with van der Waals surface area (Å²) in [5, 5.41) is 29.4. The summed E-state index contributed by atoms with van der Waals surface area (Å²) in [5.74, 6) is 1.89. The number of aliphatic hydroxyl groups excluding tert-OH is 1. The minimum Gasteiger partial charge on any atom is -0.510 e. The second-order valence-electron chi connectivity index (χ2n) is 6.59. The molecule has 1 saturated carbocycles. The molecule has 1 fully saturated rings. The third-order valence-corrected chi connectivity index (χ3v) is 5.76. The van der Waals surface area contributed by atoms with E-state index in [4.69, 9.17) is 0 Å². The Labute approximate surface area is 161 Å². The summed E-state index contributed by atoms with van der Waals surface area (Å²) in [7, 11) is 0. The number of benzene rings is 1. The van der Waals surface area contributed by atoms with E-state index in [0.717, 1.165) is 41.4 Å². The van der Waals surface area contributed by atoms with Crippen molar-refractivity contribution >= 4 is 28.4 Å². The van der Waals surface area contributed by atoms with Crippen LogP contribution in [0.15, 0.2) is 35.2 Å². The van der Waals surface area contributed by atoms with Crippen molar-refractivity contribution in [2.75, 3.05) is 0 Å². The molecule has 138 valence electrons. The molecule has 1 atom stereocenters. The van der Waals surface area contributed by atoms with Crippen molar-refractivity contribution in [3.8, 4) is 6.07 Å². The highest BCUT2D eigenvalue weighted by Crippen LogP contribution is 2.40. The third-order valence-electron chi connectivity index (χ3n) is 4.67. The highest BCUT2D eigenvalue weighted by atomic mass is 32.2. The molecule has 2 N–H and O–H groups in total. The monoisotopic (exact) mass is 380 g/mol. The van der Waals surface area contributed by atoms with Crippen LogP contribution in [-0.4, -0.2) is 35.1 Å². The molecule has 0 aliphatic heterocycles. The van der Waals surface area contributed by atoms with Crippen LogP contribution in [0.3, 0.4) is 0 Å². The Morgan fingerprint density at radius 1 is 1.41 bits per heavy atom. The van der Waals surface area contributed by atoms with E-state index in [0.29, 0.717) is 11.7 Å². The molecule has 27 heavy (non-hydrogen) atoms. The molecule has 1 aromatic carbocycles. The van der Waals surface area contributed by atoms with Crippen LogP contribution < -0.4 is 0 Å². The lowest BCUT2D eigenvalue weighted by atomic mass is 10.2. The first-order chi connectivity index (χ1) is 13.1. The average Bonchev–Trinajstić information content (AvgIpc) is 3.30. The van der Waals surface area contributed by atoms with Crippen molar-refractivity contribution in [1.29, 1.82) is 5.26 Å². The smallest absolute Gasteiger partial charge is 0.191 e. The van der Waals surface area contributed by atoms with Gasteiger partial charge in [0.05, 0.1) is 16.3 Å². The molecular weight excluding hydrogens is 360 g/mol. The number of nitrogens with zero attached hydrogens (tertiary/aromatic N) is 5. The Morgan fingerprint density at radius 3 is 2.85 bits per heavy atom. The summed E-state index contributed by atoms with van der Waals surface area (Å²) in [5.41, 5.74) is 1.73. The molecule has 7 nitrogen and oxygen atoms in total. The molecule has 0 amide bonds. The van der Waals surface area contributed by atoms with Crippen LogP contribution in [0.4, 0.5) is 0 Å². The maximum Gasteiger partial charge on any atom is 0.191 e. The van der Waals surface area contributed by atoms with E-state index < -0.39 is 0 Å². The second kappa shape index (κ2) is 7.08. The summed E-state index contributed by atoms with van der Waals surface area (Å²) in [6.45, 7) is 4.70. The average molecular weight is 380 g/mol. The molecule has 3 aromatic rings. The van der Waals surface area contributed by atoms with E-state index in [2.05, 4.69) is 37.7 Å². The number of H-pyrrole nitrogens is 1. The summed E-state index contributed by atoms with van der Waals surface area (Å²) in [4.78, 5) is 7.53. The first kappa shape index (κ1) is 17.6. The standard InChI is InChI=1S/C19H20N6OS/c1-3-25-18(12-8-9-12)23-24-19(25)27-11(2)16(26)13(10-20)17-21-14-6-4-5-7-15(14)22-17/h4-7,11-12,26H,3,8-9H2,1-2H3,(H,21,22)/b16-13-/t11-/m1/s1. The number of hydrogen-bond acceptors (Lipinski definition) is 6. The van der Waals surface area contributed by atoms with Gasteiger partial charge < -0.3 is 14.7 Å². The topological polar surface area (TPSA) is 103 Å². The molecule has 0 spiro atoms. The summed E-state index contributed by atoms with van der Waals surface area (Å²) >= 11 is 1.40. The molecule has 8 heteroatoms. The SMILES string of the molecule is CCn1c(S[C@H](C)/C(O)=C(\C#N)c2nc3ccccc3[nH]2)nnc1C1CC1. The molecule has 2 heterocycles. The fraction of sp³-hybridized carbons (Fsp3) is 0.368. The predicted octanol–water partition coefficient (Wildman–Crippen LogP) is 4.03. The van der Waals surface area contributed by atoms with Crippen molar-refractivity contribution in [3.05, 3.63) is 41.7 Å². The maximum atomic E-state index is 10.7. The third kappa shape index (κ3) is 3.30. The van der Waals surface area contributed by atoms with Gasteiger partial charge in [-0.15, -0.1) is 10.2 Å². The van der Waals surface area contributed by atoms with Gasteiger partial charge in [0.15, 0.2) is 11.0 Å². The van der Waals surface area contributed by atoms with Gasteiger partial charge in [0.25, 0.3) is 0 Å². The highest BCUT2D eigenvalue weighted by molar-refractivity contribution is 7.99. The Balaban J connectivity index is 1.63. The van der Waals surface area contributed by atoms with Gasteiger partial charge in [0.2, 0.25) is 0 Å². The number of aromatic nitrogens is 5. The lowest BCUT2D eigenvalue weighted by Crippen LogP contribution is -2.08. The number of nitriles is 1.